The summed E-state index contributed by atoms with van der Waals surface area (Å²) in [5, 5.41) is 2.79. The van der Waals surface area contributed by atoms with Crippen molar-refractivity contribution in [1.29, 1.82) is 0 Å². The lowest BCUT2D eigenvalue weighted by Gasteiger charge is -2.07. The number of ether oxygens (including phenoxy) is 3. The maximum atomic E-state index is 10.9. The summed E-state index contributed by atoms with van der Waals surface area (Å²) in [5.74, 6) is 0.0755. The molecule has 0 radical (unpaired) electrons. The molecule has 5 nitrogen and oxygen atoms in total. The summed E-state index contributed by atoms with van der Waals surface area (Å²) >= 11 is 4.38. The number of nitrogens with one attached hydrogen (secondary N) is 1. The number of halogens is 2. The van der Waals surface area contributed by atoms with Crippen LogP contribution in [0, 0.1) is 0 Å². The van der Waals surface area contributed by atoms with Crippen molar-refractivity contribution in [2.75, 3.05) is 55.0 Å². The first-order valence-corrected chi connectivity index (χ1v) is 9.48. The van der Waals surface area contributed by atoms with E-state index in [1.165, 1.54) is 0 Å². The molecule has 7 heteroatoms. The van der Waals surface area contributed by atoms with E-state index in [9.17, 15) is 4.79 Å². The highest BCUT2D eigenvalue weighted by molar-refractivity contribution is 14.1. The van der Waals surface area contributed by atoms with Crippen molar-refractivity contribution in [2.24, 2.45) is 0 Å². The van der Waals surface area contributed by atoms with Crippen molar-refractivity contribution >= 4 is 51.1 Å². The predicted octanol–water partition coefficient (Wildman–Crippen LogP) is 1.80. The molecule has 114 valence electrons. The Labute approximate surface area is 142 Å². The number of rotatable bonds is 14. The van der Waals surface area contributed by atoms with E-state index in [0.717, 1.165) is 23.9 Å². The van der Waals surface area contributed by atoms with Crippen LogP contribution in [0.3, 0.4) is 0 Å². The minimum absolute atomic E-state index is 0.0755. The predicted molar refractivity (Wildman–Crippen MR) is 92.5 cm³/mol. The molecule has 0 spiro atoms. The van der Waals surface area contributed by atoms with Gasteiger partial charge in [-0.3, -0.25) is 4.79 Å². The summed E-state index contributed by atoms with van der Waals surface area (Å²) in [6.45, 7) is 4.59. The summed E-state index contributed by atoms with van der Waals surface area (Å²) in [4.78, 5) is 10.9. The molecule has 0 aliphatic carbocycles. The molecule has 0 aromatic carbocycles. The van der Waals surface area contributed by atoms with Crippen LogP contribution in [-0.2, 0) is 19.0 Å². The summed E-state index contributed by atoms with van der Waals surface area (Å²) in [6.07, 6.45) is 1.93. The molecule has 0 heterocycles. The average Bonchev–Trinajstić information content (AvgIpc) is 2.43. The Balaban J connectivity index is 2.97. The third-order valence-corrected chi connectivity index (χ3v) is 3.53. The maximum Gasteiger partial charge on any atom is 0.229 e. The Morgan fingerprint density at radius 2 is 1.37 bits per heavy atom. The number of hydrogen-bond acceptors (Lipinski definition) is 4. The zero-order chi connectivity index (χ0) is 14.2. The van der Waals surface area contributed by atoms with Crippen LogP contribution in [0.25, 0.3) is 0 Å². The highest BCUT2D eigenvalue weighted by atomic mass is 127. The van der Waals surface area contributed by atoms with Gasteiger partial charge in [0.2, 0.25) is 5.91 Å². The fourth-order valence-corrected chi connectivity index (χ4v) is 1.73. The Bertz CT molecular complexity index is 208. The minimum Gasteiger partial charge on any atom is -0.379 e. The van der Waals surface area contributed by atoms with Gasteiger partial charge in [-0.25, -0.2) is 0 Å². The summed E-state index contributed by atoms with van der Waals surface area (Å²) in [6, 6.07) is 0. The molecule has 0 saturated heterocycles. The zero-order valence-electron chi connectivity index (χ0n) is 11.2. The summed E-state index contributed by atoms with van der Waals surface area (Å²) in [7, 11) is 0. The molecule has 0 aliphatic heterocycles. The molecule has 0 aliphatic rings. The lowest BCUT2D eigenvalue weighted by Crippen LogP contribution is -2.26. The molecule has 1 N–H and O–H groups in total. The molecule has 0 fully saturated rings. The fraction of sp³-hybridized carbons (Fsp3) is 0.917. The summed E-state index contributed by atoms with van der Waals surface area (Å²) < 4.78 is 17.7. The van der Waals surface area contributed by atoms with Gasteiger partial charge in [0.1, 0.15) is 0 Å². The van der Waals surface area contributed by atoms with Gasteiger partial charge in [-0.1, -0.05) is 45.2 Å². The molecule has 19 heavy (non-hydrogen) atoms. The molecule has 0 saturated carbocycles. The van der Waals surface area contributed by atoms with Gasteiger partial charge in [0.05, 0.1) is 30.9 Å². The molecule has 0 rings (SSSR count). The highest BCUT2D eigenvalue weighted by Crippen LogP contribution is 1.89. The molecule has 0 atom stereocenters. The van der Waals surface area contributed by atoms with Crippen LogP contribution in [0.2, 0.25) is 0 Å². The first-order chi connectivity index (χ1) is 9.31. The fourth-order valence-electron chi connectivity index (χ4n) is 1.15. The molecule has 0 aromatic rings. The lowest BCUT2D eigenvalue weighted by atomic mass is 10.4. The van der Waals surface area contributed by atoms with E-state index in [1.807, 2.05) is 22.6 Å². The van der Waals surface area contributed by atoms with Crippen molar-refractivity contribution in [3.05, 3.63) is 0 Å². The Morgan fingerprint density at radius 1 is 0.842 bits per heavy atom. The van der Waals surface area contributed by atoms with E-state index in [1.54, 1.807) is 0 Å². The van der Waals surface area contributed by atoms with Crippen LogP contribution in [0.15, 0.2) is 0 Å². The van der Waals surface area contributed by atoms with Crippen LogP contribution in [0.5, 0.6) is 0 Å². The Kier molecular flexibility index (Phi) is 17.6. The van der Waals surface area contributed by atoms with E-state index in [0.29, 0.717) is 44.0 Å². The van der Waals surface area contributed by atoms with Gasteiger partial charge in [0, 0.05) is 24.2 Å². The minimum atomic E-state index is 0.0755. The van der Waals surface area contributed by atoms with Crippen LogP contribution >= 0.6 is 45.2 Å². The van der Waals surface area contributed by atoms with Crippen molar-refractivity contribution in [3.8, 4) is 0 Å². The van der Waals surface area contributed by atoms with Gasteiger partial charge in [0.15, 0.2) is 0 Å². The van der Waals surface area contributed by atoms with Crippen LogP contribution < -0.4 is 5.32 Å². The number of carbonyl (C=O) groups excluding carboxylic acids is 1. The van der Waals surface area contributed by atoms with Crippen molar-refractivity contribution < 1.29 is 19.0 Å². The van der Waals surface area contributed by atoms with Gasteiger partial charge in [0.25, 0.3) is 0 Å². The van der Waals surface area contributed by atoms with Gasteiger partial charge in [-0.15, -0.1) is 0 Å². The number of amides is 1. The van der Waals surface area contributed by atoms with Crippen LogP contribution in [0.4, 0.5) is 0 Å². The second kappa shape index (κ2) is 16.9. The number of hydrogen-bond donors (Lipinski definition) is 1. The van der Waals surface area contributed by atoms with Crippen molar-refractivity contribution in [1.82, 2.24) is 5.32 Å². The van der Waals surface area contributed by atoms with Gasteiger partial charge in [-0.2, -0.15) is 0 Å². The zero-order valence-corrected chi connectivity index (χ0v) is 15.5. The normalized spacial score (nSPS) is 10.6. The third kappa shape index (κ3) is 16.8. The highest BCUT2D eigenvalue weighted by Gasteiger charge is 1.96. The second-order valence-corrected chi connectivity index (χ2v) is 5.56. The molecule has 0 aromatic heterocycles. The monoisotopic (exact) mass is 499 g/mol. The standard InChI is InChI=1S/C12H23I2NO4/c13-3-1-5-17-7-9-19-10-8-18-6-2-4-15-12(16)11-14/h1-11H2,(H,15,16). The van der Waals surface area contributed by atoms with Gasteiger partial charge < -0.3 is 19.5 Å². The van der Waals surface area contributed by atoms with Gasteiger partial charge >= 0.3 is 0 Å². The molecule has 0 bridgehead atoms. The van der Waals surface area contributed by atoms with E-state index >= 15 is 0 Å². The SMILES string of the molecule is O=C(CI)NCCCOCCOCCOCCCI. The van der Waals surface area contributed by atoms with E-state index in [4.69, 9.17) is 14.2 Å². The van der Waals surface area contributed by atoms with Crippen LogP contribution in [0.1, 0.15) is 12.8 Å². The number of carbonyl (C=O) groups is 1. The van der Waals surface area contributed by atoms with Crippen LogP contribution in [-0.4, -0.2) is 60.9 Å². The molecule has 1 amide bonds. The lowest BCUT2D eigenvalue weighted by molar-refractivity contribution is -0.118. The van der Waals surface area contributed by atoms with Crippen molar-refractivity contribution in [2.45, 2.75) is 12.8 Å². The largest absolute Gasteiger partial charge is 0.379 e. The van der Waals surface area contributed by atoms with Gasteiger partial charge in [-0.05, 0) is 12.8 Å². The topological polar surface area (TPSA) is 56.8 Å². The molecular formula is C12H23I2NO4. The second-order valence-electron chi connectivity index (χ2n) is 3.72. The maximum absolute atomic E-state index is 10.9. The summed E-state index contributed by atoms with van der Waals surface area (Å²) in [5.41, 5.74) is 0. The Morgan fingerprint density at radius 3 is 1.89 bits per heavy atom. The van der Waals surface area contributed by atoms with Crippen molar-refractivity contribution in [3.63, 3.8) is 0 Å². The quantitative estimate of drug-likeness (QED) is 0.225. The molecule has 0 unspecified atom stereocenters. The first-order valence-electron chi connectivity index (χ1n) is 6.43. The molecular weight excluding hydrogens is 476 g/mol. The first kappa shape index (κ1) is 19.8. The third-order valence-electron chi connectivity index (χ3n) is 2.08. The van der Waals surface area contributed by atoms with E-state index in [-0.39, 0.29) is 5.91 Å². The van der Waals surface area contributed by atoms with E-state index < -0.39 is 0 Å². The van der Waals surface area contributed by atoms with E-state index in [2.05, 4.69) is 27.9 Å². The Hall–Kier alpha value is 0.810. The average molecular weight is 499 g/mol. The number of alkyl halides is 2. The smallest absolute Gasteiger partial charge is 0.229 e.